The number of anilines is 1. The molecule has 0 radical (unpaired) electrons. The van der Waals surface area contributed by atoms with E-state index in [-0.39, 0.29) is 12.7 Å². The Bertz CT molecular complexity index is 1140. The molecule has 0 atom stereocenters. The Kier molecular flexibility index (Phi) is 4.06. The summed E-state index contributed by atoms with van der Waals surface area (Å²) in [6.45, 7) is 0.192. The lowest BCUT2D eigenvalue weighted by atomic mass is 10.2. The van der Waals surface area contributed by atoms with Crippen molar-refractivity contribution in [3.8, 4) is 27.8 Å². The third-order valence-electron chi connectivity index (χ3n) is 4.35. The van der Waals surface area contributed by atoms with Crippen LogP contribution in [0.2, 0.25) is 0 Å². The summed E-state index contributed by atoms with van der Waals surface area (Å²) in [6, 6.07) is 20.7. The number of benzene rings is 2. The van der Waals surface area contributed by atoms with Gasteiger partial charge in [0.15, 0.2) is 11.5 Å². The molecule has 2 aromatic carbocycles. The van der Waals surface area contributed by atoms with Crippen molar-refractivity contribution >= 4 is 22.9 Å². The highest BCUT2D eigenvalue weighted by atomic mass is 32.1. The number of nitrogens with one attached hydrogen (secondary N) is 1. The molecule has 6 nitrogen and oxygen atoms in total. The van der Waals surface area contributed by atoms with Crippen LogP contribution in [0.3, 0.4) is 0 Å². The first kappa shape index (κ1) is 16.6. The quantitative estimate of drug-likeness (QED) is 0.555. The van der Waals surface area contributed by atoms with Crippen molar-refractivity contribution in [2.45, 2.75) is 0 Å². The van der Waals surface area contributed by atoms with Gasteiger partial charge in [0, 0.05) is 11.8 Å². The standard InChI is InChI=1S/C21H15N3O3S/c25-21(22-14-8-9-18-19(11-14)27-13-26-18)17-12-16(20-7-4-10-28-20)23-24(17)15-5-2-1-3-6-15/h1-12H,13H2,(H,22,25). The normalized spacial score (nSPS) is 12.1. The Morgan fingerprint density at radius 2 is 1.86 bits per heavy atom. The van der Waals surface area contributed by atoms with E-state index in [0.717, 1.165) is 16.3 Å². The zero-order valence-corrected chi connectivity index (χ0v) is 15.5. The molecule has 0 unspecified atom stereocenters. The number of fused-ring (bicyclic) bond motifs is 1. The summed E-state index contributed by atoms with van der Waals surface area (Å²) in [4.78, 5) is 14.1. The van der Waals surface area contributed by atoms with Crippen LogP contribution in [0, 0.1) is 0 Å². The first-order valence-corrected chi connectivity index (χ1v) is 9.56. The lowest BCUT2D eigenvalue weighted by Crippen LogP contribution is -2.16. The summed E-state index contributed by atoms with van der Waals surface area (Å²) in [5, 5.41) is 9.58. The van der Waals surface area contributed by atoms with Crippen molar-refractivity contribution in [1.82, 2.24) is 9.78 Å². The molecular formula is C21H15N3O3S. The van der Waals surface area contributed by atoms with Gasteiger partial charge in [-0.1, -0.05) is 24.3 Å². The lowest BCUT2D eigenvalue weighted by molar-refractivity contribution is 0.101. The molecule has 1 amide bonds. The van der Waals surface area contributed by atoms with Crippen molar-refractivity contribution < 1.29 is 14.3 Å². The van der Waals surface area contributed by atoms with E-state index >= 15 is 0 Å². The Hall–Kier alpha value is -3.58. The van der Waals surface area contributed by atoms with E-state index in [1.54, 1.807) is 40.3 Å². The Balaban J connectivity index is 1.51. The minimum Gasteiger partial charge on any atom is -0.454 e. The molecule has 138 valence electrons. The first-order valence-electron chi connectivity index (χ1n) is 8.68. The summed E-state index contributed by atoms with van der Waals surface area (Å²) in [7, 11) is 0. The van der Waals surface area contributed by atoms with Crippen molar-refractivity contribution in [3.05, 3.63) is 77.8 Å². The largest absolute Gasteiger partial charge is 0.454 e. The smallest absolute Gasteiger partial charge is 0.274 e. The Morgan fingerprint density at radius 3 is 2.68 bits per heavy atom. The number of amides is 1. The second-order valence-electron chi connectivity index (χ2n) is 6.16. The third-order valence-corrected chi connectivity index (χ3v) is 5.24. The minimum atomic E-state index is -0.252. The van der Waals surface area contributed by atoms with Crippen LogP contribution in [0.15, 0.2) is 72.1 Å². The molecule has 0 spiro atoms. The molecule has 3 heterocycles. The highest BCUT2D eigenvalue weighted by Crippen LogP contribution is 2.34. The van der Waals surface area contributed by atoms with Crippen LogP contribution >= 0.6 is 11.3 Å². The minimum absolute atomic E-state index is 0.192. The van der Waals surface area contributed by atoms with Gasteiger partial charge in [-0.05, 0) is 41.8 Å². The summed E-state index contributed by atoms with van der Waals surface area (Å²) >= 11 is 1.58. The predicted octanol–water partition coefficient (Wildman–Crippen LogP) is 4.58. The maximum Gasteiger partial charge on any atom is 0.274 e. The SMILES string of the molecule is O=C(Nc1ccc2c(c1)OCO2)c1cc(-c2cccs2)nn1-c1ccccc1. The van der Waals surface area contributed by atoms with Crippen LogP contribution in [0.25, 0.3) is 16.3 Å². The molecule has 7 heteroatoms. The number of para-hydroxylation sites is 1. The molecule has 4 aromatic rings. The van der Waals surface area contributed by atoms with E-state index in [9.17, 15) is 4.79 Å². The average Bonchev–Trinajstić information content (AvgIpc) is 3.47. The van der Waals surface area contributed by atoms with Gasteiger partial charge in [0.05, 0.1) is 10.6 Å². The lowest BCUT2D eigenvalue weighted by Gasteiger charge is -2.09. The Labute approximate surface area is 165 Å². The fraction of sp³-hybridized carbons (Fsp3) is 0.0476. The second kappa shape index (κ2) is 6.86. The molecule has 1 aliphatic rings. The van der Waals surface area contributed by atoms with Gasteiger partial charge < -0.3 is 14.8 Å². The highest BCUT2D eigenvalue weighted by Gasteiger charge is 2.20. The molecular weight excluding hydrogens is 374 g/mol. The number of thiophene rings is 1. The maximum atomic E-state index is 13.1. The Morgan fingerprint density at radius 1 is 1.00 bits per heavy atom. The van der Waals surface area contributed by atoms with E-state index in [2.05, 4.69) is 10.4 Å². The van der Waals surface area contributed by atoms with Crippen molar-refractivity contribution in [2.24, 2.45) is 0 Å². The number of rotatable bonds is 4. The number of carbonyl (C=O) groups is 1. The fourth-order valence-electron chi connectivity index (χ4n) is 3.02. The molecule has 5 rings (SSSR count). The fourth-order valence-corrected chi connectivity index (χ4v) is 3.70. The molecule has 0 saturated carbocycles. The number of aromatic nitrogens is 2. The number of nitrogens with zero attached hydrogens (tertiary/aromatic N) is 2. The molecule has 0 aliphatic carbocycles. The van der Waals surface area contributed by atoms with Gasteiger partial charge >= 0.3 is 0 Å². The monoisotopic (exact) mass is 389 g/mol. The van der Waals surface area contributed by atoms with E-state index in [4.69, 9.17) is 9.47 Å². The molecule has 1 aliphatic heterocycles. The average molecular weight is 389 g/mol. The zero-order valence-electron chi connectivity index (χ0n) is 14.7. The number of ether oxygens (including phenoxy) is 2. The van der Waals surface area contributed by atoms with Gasteiger partial charge in [-0.25, -0.2) is 4.68 Å². The highest BCUT2D eigenvalue weighted by molar-refractivity contribution is 7.13. The van der Waals surface area contributed by atoms with Crippen LogP contribution in [0.5, 0.6) is 11.5 Å². The molecule has 0 saturated heterocycles. The van der Waals surface area contributed by atoms with E-state index in [1.807, 2.05) is 47.8 Å². The van der Waals surface area contributed by atoms with Crippen molar-refractivity contribution in [1.29, 1.82) is 0 Å². The van der Waals surface area contributed by atoms with Crippen LogP contribution < -0.4 is 14.8 Å². The summed E-state index contributed by atoms with van der Waals surface area (Å²) in [6.07, 6.45) is 0. The van der Waals surface area contributed by atoms with Crippen LogP contribution in [-0.2, 0) is 0 Å². The number of hydrogen-bond acceptors (Lipinski definition) is 5. The maximum absolute atomic E-state index is 13.1. The first-order chi connectivity index (χ1) is 13.8. The second-order valence-corrected chi connectivity index (χ2v) is 7.11. The summed E-state index contributed by atoms with van der Waals surface area (Å²) in [5.74, 6) is 1.04. The van der Waals surface area contributed by atoms with Gasteiger partial charge in [-0.2, -0.15) is 5.10 Å². The topological polar surface area (TPSA) is 65.4 Å². The van der Waals surface area contributed by atoms with Gasteiger partial charge in [0.1, 0.15) is 11.4 Å². The number of carbonyl (C=O) groups excluding carboxylic acids is 1. The van der Waals surface area contributed by atoms with Gasteiger partial charge in [0.25, 0.3) is 5.91 Å². The van der Waals surface area contributed by atoms with Crippen LogP contribution in [0.4, 0.5) is 5.69 Å². The van der Waals surface area contributed by atoms with E-state index < -0.39 is 0 Å². The van der Waals surface area contributed by atoms with E-state index in [0.29, 0.717) is 22.9 Å². The van der Waals surface area contributed by atoms with Gasteiger partial charge in [-0.3, -0.25) is 4.79 Å². The van der Waals surface area contributed by atoms with Crippen LogP contribution in [0.1, 0.15) is 10.5 Å². The molecule has 1 N–H and O–H groups in total. The number of hydrogen-bond donors (Lipinski definition) is 1. The summed E-state index contributed by atoms with van der Waals surface area (Å²) in [5.41, 5.74) is 2.66. The molecule has 28 heavy (non-hydrogen) atoms. The van der Waals surface area contributed by atoms with Crippen LogP contribution in [-0.4, -0.2) is 22.5 Å². The zero-order chi connectivity index (χ0) is 18.9. The summed E-state index contributed by atoms with van der Waals surface area (Å²) < 4.78 is 12.4. The third kappa shape index (κ3) is 3.01. The van der Waals surface area contributed by atoms with Crippen molar-refractivity contribution in [2.75, 3.05) is 12.1 Å². The van der Waals surface area contributed by atoms with Gasteiger partial charge in [-0.15, -0.1) is 11.3 Å². The van der Waals surface area contributed by atoms with Crippen molar-refractivity contribution in [3.63, 3.8) is 0 Å². The van der Waals surface area contributed by atoms with E-state index in [1.165, 1.54) is 0 Å². The molecule has 0 fully saturated rings. The molecule has 0 bridgehead atoms. The van der Waals surface area contributed by atoms with Gasteiger partial charge in [0.2, 0.25) is 6.79 Å². The predicted molar refractivity (Wildman–Crippen MR) is 107 cm³/mol. The molecule has 2 aromatic heterocycles.